The molecule has 2 N–H and O–H groups in total. The van der Waals surface area contributed by atoms with Crippen molar-refractivity contribution in [3.05, 3.63) is 0 Å². The fourth-order valence-corrected chi connectivity index (χ4v) is 2.45. The van der Waals surface area contributed by atoms with Crippen molar-refractivity contribution in [2.45, 2.75) is 38.6 Å². The molecule has 20 heavy (non-hydrogen) atoms. The van der Waals surface area contributed by atoms with Gasteiger partial charge in [0, 0.05) is 26.1 Å². The van der Waals surface area contributed by atoms with E-state index in [9.17, 15) is 9.59 Å². The Morgan fingerprint density at radius 3 is 2.55 bits per heavy atom. The normalized spacial score (nSPS) is 18.6. The highest BCUT2D eigenvalue weighted by molar-refractivity contribution is 5.74. The zero-order valence-electron chi connectivity index (χ0n) is 12.8. The first-order valence-corrected chi connectivity index (χ1v) is 7.30. The van der Waals surface area contributed by atoms with Gasteiger partial charge >= 0.3 is 12.0 Å². The van der Waals surface area contributed by atoms with E-state index in [1.807, 2.05) is 6.92 Å². The SMILES string of the molecule is CC(CCC(=O)O)NC(=O)N(C)CC1CCN(C)CC1. The molecule has 1 rings (SSSR count). The molecule has 0 saturated carbocycles. The number of carbonyl (C=O) groups is 2. The summed E-state index contributed by atoms with van der Waals surface area (Å²) in [4.78, 5) is 26.5. The molecule has 1 unspecified atom stereocenters. The lowest BCUT2D eigenvalue weighted by molar-refractivity contribution is -0.137. The van der Waals surface area contributed by atoms with Crippen LogP contribution in [0, 0.1) is 5.92 Å². The summed E-state index contributed by atoms with van der Waals surface area (Å²) in [6, 6.07) is -0.222. The molecule has 1 atom stereocenters. The van der Waals surface area contributed by atoms with Crippen LogP contribution in [0.2, 0.25) is 0 Å². The first-order valence-electron chi connectivity index (χ1n) is 7.30. The molecule has 0 aromatic carbocycles. The number of amides is 2. The number of piperidine rings is 1. The van der Waals surface area contributed by atoms with E-state index in [2.05, 4.69) is 17.3 Å². The predicted octanol–water partition coefficient (Wildman–Crippen LogP) is 1.22. The first kappa shape index (κ1) is 16.8. The molecular weight excluding hydrogens is 258 g/mol. The maximum Gasteiger partial charge on any atom is 0.317 e. The van der Waals surface area contributed by atoms with Gasteiger partial charge in [0.05, 0.1) is 0 Å². The molecule has 2 amide bonds. The van der Waals surface area contributed by atoms with E-state index in [1.165, 1.54) is 0 Å². The Hall–Kier alpha value is -1.30. The van der Waals surface area contributed by atoms with E-state index in [4.69, 9.17) is 5.11 Å². The molecule has 1 fully saturated rings. The van der Waals surface area contributed by atoms with Crippen LogP contribution < -0.4 is 5.32 Å². The van der Waals surface area contributed by atoms with Crippen molar-refractivity contribution in [1.29, 1.82) is 0 Å². The minimum atomic E-state index is -0.828. The summed E-state index contributed by atoms with van der Waals surface area (Å²) in [7, 11) is 3.92. The summed E-state index contributed by atoms with van der Waals surface area (Å²) in [5.74, 6) is -0.262. The Kier molecular flexibility index (Phi) is 6.78. The Labute approximate surface area is 121 Å². The molecular formula is C14H27N3O3. The van der Waals surface area contributed by atoms with Crippen LogP contribution in [0.1, 0.15) is 32.6 Å². The first-order chi connectivity index (χ1) is 9.38. The molecule has 0 radical (unpaired) electrons. The molecule has 0 spiro atoms. The summed E-state index contributed by atoms with van der Waals surface area (Å²) in [5, 5.41) is 11.5. The van der Waals surface area contributed by atoms with E-state index < -0.39 is 5.97 Å². The second-order valence-corrected chi connectivity index (χ2v) is 5.91. The second-order valence-electron chi connectivity index (χ2n) is 5.91. The van der Waals surface area contributed by atoms with E-state index >= 15 is 0 Å². The fourth-order valence-electron chi connectivity index (χ4n) is 2.45. The Morgan fingerprint density at radius 1 is 1.40 bits per heavy atom. The number of nitrogens with zero attached hydrogens (tertiary/aromatic N) is 2. The number of likely N-dealkylation sites (tertiary alicyclic amines) is 1. The van der Waals surface area contributed by atoms with Crippen molar-refractivity contribution in [2.24, 2.45) is 5.92 Å². The molecule has 1 aliphatic heterocycles. The molecule has 0 aromatic heterocycles. The molecule has 6 heteroatoms. The minimum Gasteiger partial charge on any atom is -0.481 e. The number of carboxylic acids is 1. The van der Waals surface area contributed by atoms with Crippen LogP contribution in [-0.2, 0) is 4.79 Å². The average Bonchev–Trinajstić information content (AvgIpc) is 2.39. The lowest BCUT2D eigenvalue weighted by Gasteiger charge is -2.32. The minimum absolute atomic E-state index is 0.0835. The molecule has 1 aliphatic rings. The van der Waals surface area contributed by atoms with Gasteiger partial charge in [0.15, 0.2) is 0 Å². The number of carboxylic acid groups (broad SMARTS) is 1. The van der Waals surface area contributed by atoms with Gasteiger partial charge < -0.3 is 20.2 Å². The topological polar surface area (TPSA) is 72.9 Å². The van der Waals surface area contributed by atoms with Gasteiger partial charge in [-0.05, 0) is 52.2 Å². The number of hydrogen-bond acceptors (Lipinski definition) is 3. The number of aliphatic carboxylic acids is 1. The maximum absolute atomic E-state index is 12.0. The van der Waals surface area contributed by atoms with Crippen LogP contribution in [0.4, 0.5) is 4.79 Å². The summed E-state index contributed by atoms with van der Waals surface area (Å²) in [6.07, 6.45) is 2.80. The third kappa shape index (κ3) is 6.23. The molecule has 6 nitrogen and oxygen atoms in total. The van der Waals surface area contributed by atoms with Crippen molar-refractivity contribution in [1.82, 2.24) is 15.1 Å². The number of carbonyl (C=O) groups excluding carboxylic acids is 1. The fraction of sp³-hybridized carbons (Fsp3) is 0.857. The van der Waals surface area contributed by atoms with Gasteiger partial charge in [-0.3, -0.25) is 4.79 Å². The highest BCUT2D eigenvalue weighted by atomic mass is 16.4. The third-order valence-corrected chi connectivity index (χ3v) is 3.88. The molecule has 0 aliphatic carbocycles. The van der Waals surface area contributed by atoms with Gasteiger partial charge in [0.25, 0.3) is 0 Å². The molecule has 0 bridgehead atoms. The number of urea groups is 1. The zero-order valence-corrected chi connectivity index (χ0v) is 12.8. The maximum atomic E-state index is 12.0. The lowest BCUT2D eigenvalue weighted by atomic mass is 9.97. The van der Waals surface area contributed by atoms with Crippen LogP contribution in [-0.4, -0.2) is 66.7 Å². The number of hydrogen-bond donors (Lipinski definition) is 2. The highest BCUT2D eigenvalue weighted by Crippen LogP contribution is 2.16. The van der Waals surface area contributed by atoms with Crippen LogP contribution in [0.25, 0.3) is 0 Å². The van der Waals surface area contributed by atoms with E-state index in [0.29, 0.717) is 12.3 Å². The van der Waals surface area contributed by atoms with Crippen molar-refractivity contribution in [3.63, 3.8) is 0 Å². The highest BCUT2D eigenvalue weighted by Gasteiger charge is 2.21. The van der Waals surface area contributed by atoms with Crippen molar-refractivity contribution < 1.29 is 14.7 Å². The average molecular weight is 285 g/mol. The lowest BCUT2D eigenvalue weighted by Crippen LogP contribution is -2.45. The van der Waals surface area contributed by atoms with Crippen LogP contribution in [0.5, 0.6) is 0 Å². The summed E-state index contributed by atoms with van der Waals surface area (Å²) in [5.41, 5.74) is 0. The summed E-state index contributed by atoms with van der Waals surface area (Å²) >= 11 is 0. The quantitative estimate of drug-likeness (QED) is 0.769. The largest absolute Gasteiger partial charge is 0.481 e. The van der Waals surface area contributed by atoms with Gasteiger partial charge in [-0.15, -0.1) is 0 Å². The van der Waals surface area contributed by atoms with Crippen LogP contribution in [0.3, 0.4) is 0 Å². The number of nitrogens with one attached hydrogen (secondary N) is 1. The van der Waals surface area contributed by atoms with Gasteiger partial charge in [-0.1, -0.05) is 0 Å². The Balaban J connectivity index is 2.26. The van der Waals surface area contributed by atoms with Gasteiger partial charge in [0.1, 0.15) is 0 Å². The van der Waals surface area contributed by atoms with E-state index in [1.54, 1.807) is 11.9 Å². The molecule has 1 saturated heterocycles. The van der Waals surface area contributed by atoms with Crippen LogP contribution in [0.15, 0.2) is 0 Å². The molecule has 1 heterocycles. The van der Waals surface area contributed by atoms with Gasteiger partial charge in [0.2, 0.25) is 0 Å². The smallest absolute Gasteiger partial charge is 0.317 e. The molecule has 0 aromatic rings. The van der Waals surface area contributed by atoms with Crippen LogP contribution >= 0.6 is 0 Å². The zero-order chi connectivity index (χ0) is 15.1. The van der Waals surface area contributed by atoms with Gasteiger partial charge in [-0.25, -0.2) is 4.79 Å². The predicted molar refractivity (Wildman–Crippen MR) is 77.7 cm³/mol. The standard InChI is InChI=1S/C14H27N3O3/c1-11(4-5-13(18)19)15-14(20)17(3)10-12-6-8-16(2)9-7-12/h11-12H,4-10H2,1-3H3,(H,15,20)(H,18,19). The van der Waals surface area contributed by atoms with Crippen molar-refractivity contribution in [3.8, 4) is 0 Å². The van der Waals surface area contributed by atoms with Crippen molar-refractivity contribution >= 4 is 12.0 Å². The monoisotopic (exact) mass is 285 g/mol. The summed E-state index contributed by atoms with van der Waals surface area (Å²) < 4.78 is 0. The second kappa shape index (κ2) is 8.09. The Bertz CT molecular complexity index is 328. The van der Waals surface area contributed by atoms with Gasteiger partial charge in [-0.2, -0.15) is 0 Å². The Morgan fingerprint density at radius 2 is 2.00 bits per heavy atom. The number of rotatable bonds is 6. The summed E-state index contributed by atoms with van der Waals surface area (Å²) in [6.45, 7) is 4.79. The third-order valence-electron chi connectivity index (χ3n) is 3.88. The van der Waals surface area contributed by atoms with Crippen molar-refractivity contribution in [2.75, 3.05) is 33.7 Å². The molecule has 116 valence electrons. The van der Waals surface area contributed by atoms with E-state index in [-0.39, 0.29) is 18.5 Å². The van der Waals surface area contributed by atoms with E-state index in [0.717, 1.165) is 32.5 Å².